The van der Waals surface area contributed by atoms with Crippen molar-refractivity contribution in [3.8, 4) is 0 Å². The molecule has 0 aromatic carbocycles. The fourth-order valence-corrected chi connectivity index (χ4v) is 8.05. The summed E-state index contributed by atoms with van der Waals surface area (Å²) in [6.07, 6.45) is 83.5. The van der Waals surface area contributed by atoms with E-state index in [0.717, 1.165) is 116 Å². The third-order valence-electron chi connectivity index (χ3n) is 12.5. The van der Waals surface area contributed by atoms with Crippen molar-refractivity contribution >= 4 is 17.9 Å². The molecule has 0 N–H and O–H groups in total. The Bertz CT molecular complexity index is 1540. The van der Waals surface area contributed by atoms with Crippen LogP contribution in [0.1, 0.15) is 265 Å². The Morgan fingerprint density at radius 2 is 0.562 bits per heavy atom. The molecule has 0 heterocycles. The number of carbonyl (C=O) groups is 3. The molecule has 1 atom stereocenters. The monoisotopic (exact) mass is 1010 g/mol. The van der Waals surface area contributed by atoms with E-state index in [2.05, 4.69) is 136 Å². The summed E-state index contributed by atoms with van der Waals surface area (Å²) in [5, 5.41) is 0. The quantitative estimate of drug-likeness (QED) is 0.0261. The lowest BCUT2D eigenvalue weighted by Crippen LogP contribution is -2.30. The Kier molecular flexibility index (Phi) is 56.9. The average Bonchev–Trinajstić information content (AvgIpc) is 3.39. The maximum absolute atomic E-state index is 12.9. The summed E-state index contributed by atoms with van der Waals surface area (Å²) in [5.74, 6) is -1.02. The zero-order valence-electron chi connectivity index (χ0n) is 47.4. The van der Waals surface area contributed by atoms with Crippen LogP contribution in [0, 0.1) is 0 Å². The molecule has 0 aliphatic heterocycles. The predicted octanol–water partition coefficient (Wildman–Crippen LogP) is 20.4. The summed E-state index contributed by atoms with van der Waals surface area (Å²) in [6, 6.07) is 0. The number of ether oxygens (including phenoxy) is 3. The molecule has 414 valence electrons. The highest BCUT2D eigenvalue weighted by atomic mass is 16.6. The lowest BCUT2D eigenvalue weighted by atomic mass is 10.0. The van der Waals surface area contributed by atoms with Crippen molar-refractivity contribution in [3.05, 3.63) is 122 Å². The maximum Gasteiger partial charge on any atom is 0.306 e. The lowest BCUT2D eigenvalue weighted by molar-refractivity contribution is -0.166. The van der Waals surface area contributed by atoms with Crippen LogP contribution in [0.5, 0.6) is 0 Å². The van der Waals surface area contributed by atoms with Crippen molar-refractivity contribution in [1.82, 2.24) is 0 Å². The molecule has 0 aromatic rings. The summed E-state index contributed by atoms with van der Waals surface area (Å²) in [7, 11) is 0. The van der Waals surface area contributed by atoms with Gasteiger partial charge in [-0.2, -0.15) is 0 Å². The van der Waals surface area contributed by atoms with E-state index in [-0.39, 0.29) is 37.5 Å². The van der Waals surface area contributed by atoms with Crippen molar-refractivity contribution in [3.63, 3.8) is 0 Å². The van der Waals surface area contributed by atoms with Gasteiger partial charge in [-0.3, -0.25) is 14.4 Å². The Labute approximate surface area is 450 Å². The first-order valence-corrected chi connectivity index (χ1v) is 30.0. The molecule has 0 spiro atoms. The molecule has 0 radical (unpaired) electrons. The molecule has 0 unspecified atom stereocenters. The standard InChI is InChI=1S/C67H110O6/c1-4-7-10-13-16-19-22-25-28-31-33-36-39-42-45-48-51-54-57-60-66(69)72-63-64(62-71-65(68)59-56-53-50-47-44-41-38-35-30-27-24-21-18-15-12-9-6-3)73-67(70)61-58-55-52-49-46-43-40-37-34-32-29-26-23-20-17-14-11-8-5-2/h7,9-10,12,16,18-19,21,25,27-28,30,33,36,38,41-42,45,51,54,64H,4-6,8,11,13-15,17,20,22-24,26,29,31-32,34-35,37,39-40,43-44,46-50,52-53,55-63H2,1-3H3/b10-7-,12-9-,19-16-,21-18-,28-25-,30-27-,36-33-,41-38-,45-42-,54-51-/t64-/m0/s1. The van der Waals surface area contributed by atoms with Gasteiger partial charge >= 0.3 is 17.9 Å². The van der Waals surface area contributed by atoms with Gasteiger partial charge in [-0.15, -0.1) is 0 Å². The molecule has 0 saturated carbocycles. The molecule has 0 bridgehead atoms. The van der Waals surface area contributed by atoms with Gasteiger partial charge in [0.05, 0.1) is 0 Å². The average molecular weight is 1010 g/mol. The molecule has 0 aliphatic rings. The number of hydrogen-bond acceptors (Lipinski definition) is 6. The van der Waals surface area contributed by atoms with Gasteiger partial charge < -0.3 is 14.2 Å². The van der Waals surface area contributed by atoms with Crippen molar-refractivity contribution in [1.29, 1.82) is 0 Å². The smallest absolute Gasteiger partial charge is 0.306 e. The highest BCUT2D eigenvalue weighted by Crippen LogP contribution is 2.16. The first-order chi connectivity index (χ1) is 36.0. The van der Waals surface area contributed by atoms with Crippen molar-refractivity contribution < 1.29 is 28.6 Å². The van der Waals surface area contributed by atoms with E-state index < -0.39 is 6.10 Å². The van der Waals surface area contributed by atoms with Gasteiger partial charge in [-0.1, -0.05) is 271 Å². The Hall–Kier alpha value is -4.19. The third kappa shape index (κ3) is 58.6. The summed E-state index contributed by atoms with van der Waals surface area (Å²) < 4.78 is 16.8. The summed E-state index contributed by atoms with van der Waals surface area (Å²) in [6.45, 7) is 6.34. The molecule has 6 nitrogen and oxygen atoms in total. The van der Waals surface area contributed by atoms with E-state index in [1.807, 2.05) is 6.08 Å². The van der Waals surface area contributed by atoms with Crippen molar-refractivity contribution in [2.45, 2.75) is 271 Å². The number of unbranched alkanes of at least 4 members (excludes halogenated alkanes) is 22. The fourth-order valence-electron chi connectivity index (χ4n) is 8.05. The Morgan fingerprint density at radius 3 is 0.918 bits per heavy atom. The van der Waals surface area contributed by atoms with Crippen LogP contribution < -0.4 is 0 Å². The second kappa shape index (κ2) is 60.4. The SMILES string of the molecule is CC/C=C\C/C=C\C/C=C\C/C=C\C/C=C\C/C=C\CCC(=O)OC[C@H](COC(=O)CCCCCC/C=C\C/C=C\C/C=C\C/C=C\CC)OC(=O)CCCCCCCCCCCCCCCCCCCCC. The molecule has 0 fully saturated rings. The van der Waals surface area contributed by atoms with Gasteiger partial charge in [0.2, 0.25) is 0 Å². The fraction of sp³-hybridized carbons (Fsp3) is 0.657. The highest BCUT2D eigenvalue weighted by molar-refractivity contribution is 5.71. The van der Waals surface area contributed by atoms with Crippen LogP contribution in [-0.2, 0) is 28.6 Å². The summed E-state index contributed by atoms with van der Waals surface area (Å²) in [4.78, 5) is 38.2. The van der Waals surface area contributed by atoms with E-state index in [9.17, 15) is 14.4 Å². The first kappa shape index (κ1) is 68.8. The number of allylic oxidation sites excluding steroid dienone is 20. The van der Waals surface area contributed by atoms with E-state index in [1.165, 1.54) is 103 Å². The predicted molar refractivity (Wildman–Crippen MR) is 316 cm³/mol. The zero-order valence-corrected chi connectivity index (χ0v) is 47.4. The van der Waals surface area contributed by atoms with Gasteiger partial charge in [-0.25, -0.2) is 0 Å². The minimum absolute atomic E-state index is 0.115. The number of esters is 3. The number of hydrogen-bond donors (Lipinski definition) is 0. The molecule has 0 rings (SSSR count). The molecule has 0 saturated heterocycles. The number of carbonyl (C=O) groups excluding carboxylic acids is 3. The Balaban J connectivity index is 4.53. The van der Waals surface area contributed by atoms with Crippen LogP contribution in [0.15, 0.2) is 122 Å². The number of rotatable bonds is 53. The first-order valence-electron chi connectivity index (χ1n) is 30.0. The minimum atomic E-state index is -0.822. The normalized spacial score (nSPS) is 13.0. The van der Waals surface area contributed by atoms with Gasteiger partial charge in [0.15, 0.2) is 6.10 Å². The van der Waals surface area contributed by atoms with Crippen LogP contribution in [0.4, 0.5) is 0 Å². The van der Waals surface area contributed by atoms with Crippen molar-refractivity contribution in [2.75, 3.05) is 13.2 Å². The van der Waals surface area contributed by atoms with E-state index in [0.29, 0.717) is 19.3 Å². The largest absolute Gasteiger partial charge is 0.462 e. The molecule has 0 aromatic heterocycles. The van der Waals surface area contributed by atoms with Gasteiger partial charge in [0.25, 0.3) is 0 Å². The molecular weight excluding hydrogens is 901 g/mol. The summed E-state index contributed by atoms with van der Waals surface area (Å²) in [5.41, 5.74) is 0. The molecule has 0 amide bonds. The maximum atomic E-state index is 12.9. The highest BCUT2D eigenvalue weighted by Gasteiger charge is 2.19. The van der Waals surface area contributed by atoms with Crippen LogP contribution >= 0.6 is 0 Å². The van der Waals surface area contributed by atoms with Crippen molar-refractivity contribution in [2.24, 2.45) is 0 Å². The van der Waals surface area contributed by atoms with E-state index in [1.54, 1.807) is 0 Å². The molecule has 73 heavy (non-hydrogen) atoms. The van der Waals surface area contributed by atoms with Gasteiger partial charge in [0.1, 0.15) is 13.2 Å². The van der Waals surface area contributed by atoms with Gasteiger partial charge in [-0.05, 0) is 96.3 Å². The van der Waals surface area contributed by atoms with Crippen LogP contribution in [-0.4, -0.2) is 37.2 Å². The minimum Gasteiger partial charge on any atom is -0.462 e. The topological polar surface area (TPSA) is 78.9 Å². The van der Waals surface area contributed by atoms with E-state index >= 15 is 0 Å². The van der Waals surface area contributed by atoms with Gasteiger partial charge in [0, 0.05) is 19.3 Å². The second-order valence-corrected chi connectivity index (χ2v) is 19.5. The second-order valence-electron chi connectivity index (χ2n) is 19.5. The zero-order chi connectivity index (χ0) is 52.9. The summed E-state index contributed by atoms with van der Waals surface area (Å²) >= 11 is 0. The van der Waals surface area contributed by atoms with Crippen LogP contribution in [0.25, 0.3) is 0 Å². The lowest BCUT2D eigenvalue weighted by Gasteiger charge is -2.18. The van der Waals surface area contributed by atoms with Crippen LogP contribution in [0.3, 0.4) is 0 Å². The van der Waals surface area contributed by atoms with E-state index in [4.69, 9.17) is 14.2 Å². The molecule has 0 aliphatic carbocycles. The molecular formula is C67H110O6. The third-order valence-corrected chi connectivity index (χ3v) is 12.5. The van der Waals surface area contributed by atoms with Crippen LogP contribution in [0.2, 0.25) is 0 Å². The Morgan fingerprint density at radius 1 is 0.288 bits per heavy atom. The molecule has 6 heteroatoms.